The van der Waals surface area contributed by atoms with E-state index in [1.54, 1.807) is 6.07 Å². The second-order valence-corrected chi connectivity index (χ2v) is 8.20. The summed E-state index contributed by atoms with van der Waals surface area (Å²) in [5, 5.41) is 4.26. The number of hydrogen-bond donors (Lipinski definition) is 1. The average Bonchev–Trinajstić information content (AvgIpc) is 3.05. The summed E-state index contributed by atoms with van der Waals surface area (Å²) in [6.45, 7) is 1.49. The van der Waals surface area contributed by atoms with Gasteiger partial charge in [-0.15, -0.1) is 11.3 Å². The van der Waals surface area contributed by atoms with Gasteiger partial charge in [0.05, 0.1) is 14.7 Å². The van der Waals surface area contributed by atoms with Gasteiger partial charge in [0.15, 0.2) is 0 Å². The molecule has 2 aromatic heterocycles. The highest BCUT2D eigenvalue weighted by atomic mass is 79.9. The van der Waals surface area contributed by atoms with Crippen molar-refractivity contribution in [1.82, 2.24) is 14.7 Å². The van der Waals surface area contributed by atoms with E-state index in [1.807, 2.05) is 21.8 Å². The van der Waals surface area contributed by atoms with E-state index in [4.69, 9.17) is 5.73 Å². The number of likely N-dealkylation sites (tertiary alicyclic amines) is 1. The third-order valence-electron chi connectivity index (χ3n) is 3.61. The lowest BCUT2D eigenvalue weighted by atomic mass is 10.1. The first-order valence-corrected chi connectivity index (χ1v) is 8.99. The highest BCUT2D eigenvalue weighted by Gasteiger charge is 2.26. The van der Waals surface area contributed by atoms with Crippen LogP contribution in [0.1, 0.15) is 28.6 Å². The van der Waals surface area contributed by atoms with Crippen LogP contribution in [0.2, 0.25) is 0 Å². The van der Waals surface area contributed by atoms with E-state index in [2.05, 4.69) is 37.0 Å². The van der Waals surface area contributed by atoms with E-state index in [0.29, 0.717) is 11.9 Å². The van der Waals surface area contributed by atoms with Gasteiger partial charge in [0.25, 0.3) is 5.91 Å². The Kier molecular flexibility index (Phi) is 4.37. The van der Waals surface area contributed by atoms with Gasteiger partial charge >= 0.3 is 0 Å². The summed E-state index contributed by atoms with van der Waals surface area (Å²) in [5.41, 5.74) is 5.65. The van der Waals surface area contributed by atoms with Gasteiger partial charge in [0.1, 0.15) is 5.82 Å². The molecule has 5 nitrogen and oxygen atoms in total. The lowest BCUT2D eigenvalue weighted by Crippen LogP contribution is -2.38. The topological polar surface area (TPSA) is 64.2 Å². The summed E-state index contributed by atoms with van der Waals surface area (Å²) in [6, 6.07) is 4.00. The van der Waals surface area contributed by atoms with Gasteiger partial charge in [-0.3, -0.25) is 9.48 Å². The van der Waals surface area contributed by atoms with Crippen molar-refractivity contribution in [2.24, 2.45) is 0 Å². The Labute approximate surface area is 143 Å². The van der Waals surface area contributed by atoms with Crippen molar-refractivity contribution in [1.29, 1.82) is 0 Å². The van der Waals surface area contributed by atoms with E-state index in [-0.39, 0.29) is 5.91 Å². The standard InChI is InChI=1S/C13H14Br2N4OS/c14-9-7-10(21-12(9)15)13(20)18-4-1-8(2-5-18)19-6-3-11(16)17-19/h3,6-8H,1-2,4-5H2,(H2,16,17). The van der Waals surface area contributed by atoms with Gasteiger partial charge in [0.2, 0.25) is 0 Å². The number of piperidine rings is 1. The van der Waals surface area contributed by atoms with E-state index >= 15 is 0 Å². The molecule has 0 aliphatic carbocycles. The maximum Gasteiger partial charge on any atom is 0.264 e. The minimum absolute atomic E-state index is 0.102. The van der Waals surface area contributed by atoms with E-state index in [1.165, 1.54) is 11.3 Å². The Balaban J connectivity index is 1.64. The maximum atomic E-state index is 12.5. The first-order chi connectivity index (χ1) is 10.0. The molecular weight excluding hydrogens is 420 g/mol. The fourth-order valence-corrected chi connectivity index (χ4v) is 4.50. The Hall–Kier alpha value is -0.860. The molecule has 1 fully saturated rings. The van der Waals surface area contributed by atoms with Crippen molar-refractivity contribution in [3.8, 4) is 0 Å². The van der Waals surface area contributed by atoms with E-state index in [0.717, 1.165) is 39.1 Å². The highest BCUT2D eigenvalue weighted by Crippen LogP contribution is 2.33. The van der Waals surface area contributed by atoms with Crippen molar-refractivity contribution in [3.05, 3.63) is 31.5 Å². The number of nitrogens with two attached hydrogens (primary N) is 1. The van der Waals surface area contributed by atoms with Crippen LogP contribution in [-0.2, 0) is 0 Å². The first-order valence-electron chi connectivity index (χ1n) is 6.59. The Bertz CT molecular complexity index is 641. The van der Waals surface area contributed by atoms with Crippen LogP contribution >= 0.6 is 43.2 Å². The van der Waals surface area contributed by atoms with Crippen LogP contribution in [0.4, 0.5) is 5.82 Å². The van der Waals surface area contributed by atoms with Crippen LogP contribution in [0.5, 0.6) is 0 Å². The van der Waals surface area contributed by atoms with Gasteiger partial charge in [-0.2, -0.15) is 5.10 Å². The van der Waals surface area contributed by atoms with Gasteiger partial charge in [0, 0.05) is 23.8 Å². The largest absolute Gasteiger partial charge is 0.382 e. The third kappa shape index (κ3) is 3.17. The number of anilines is 1. The molecule has 21 heavy (non-hydrogen) atoms. The summed E-state index contributed by atoms with van der Waals surface area (Å²) in [6.07, 6.45) is 3.71. The minimum Gasteiger partial charge on any atom is -0.382 e. The zero-order chi connectivity index (χ0) is 15.0. The molecule has 0 radical (unpaired) electrons. The average molecular weight is 434 g/mol. The van der Waals surface area contributed by atoms with E-state index in [9.17, 15) is 4.79 Å². The molecule has 0 unspecified atom stereocenters. The molecule has 3 rings (SSSR count). The Morgan fingerprint density at radius 2 is 2.10 bits per heavy atom. The molecule has 2 N–H and O–H groups in total. The number of nitrogens with zero attached hydrogens (tertiary/aromatic N) is 3. The van der Waals surface area contributed by atoms with Gasteiger partial charge < -0.3 is 10.6 Å². The zero-order valence-electron chi connectivity index (χ0n) is 11.1. The minimum atomic E-state index is 0.102. The molecule has 112 valence electrons. The molecule has 1 amide bonds. The fourth-order valence-electron chi connectivity index (χ4n) is 2.50. The number of thiophene rings is 1. The number of hydrogen-bond acceptors (Lipinski definition) is 4. The van der Waals surface area contributed by atoms with Crippen molar-refractivity contribution >= 4 is 54.9 Å². The van der Waals surface area contributed by atoms with Crippen molar-refractivity contribution in [2.45, 2.75) is 18.9 Å². The van der Waals surface area contributed by atoms with Gasteiger partial charge in [-0.25, -0.2) is 0 Å². The molecule has 0 atom stereocenters. The second-order valence-electron chi connectivity index (χ2n) is 4.98. The fraction of sp³-hybridized carbons (Fsp3) is 0.385. The van der Waals surface area contributed by atoms with E-state index < -0.39 is 0 Å². The number of aromatic nitrogens is 2. The SMILES string of the molecule is Nc1ccn(C2CCN(C(=O)c3cc(Br)c(Br)s3)CC2)n1. The normalized spacial score (nSPS) is 16.4. The van der Waals surface area contributed by atoms with Crippen LogP contribution in [-0.4, -0.2) is 33.7 Å². The number of halogens is 2. The number of nitrogen functional groups attached to an aromatic ring is 1. The molecule has 1 aliphatic rings. The molecule has 8 heteroatoms. The summed E-state index contributed by atoms with van der Waals surface area (Å²) < 4.78 is 3.79. The van der Waals surface area contributed by atoms with Crippen LogP contribution in [0.15, 0.2) is 26.6 Å². The Morgan fingerprint density at radius 3 is 2.62 bits per heavy atom. The molecule has 2 aromatic rings. The smallest absolute Gasteiger partial charge is 0.264 e. The molecule has 0 bridgehead atoms. The molecule has 1 saturated heterocycles. The highest BCUT2D eigenvalue weighted by molar-refractivity contribution is 9.13. The molecule has 0 saturated carbocycles. The van der Waals surface area contributed by atoms with Crippen molar-refractivity contribution in [3.63, 3.8) is 0 Å². The molecule has 3 heterocycles. The summed E-state index contributed by atoms with van der Waals surface area (Å²) in [5.74, 6) is 0.645. The molecule has 1 aliphatic heterocycles. The summed E-state index contributed by atoms with van der Waals surface area (Å²) in [4.78, 5) is 15.1. The number of carbonyl (C=O) groups excluding carboxylic acids is 1. The lowest BCUT2D eigenvalue weighted by Gasteiger charge is -2.31. The summed E-state index contributed by atoms with van der Waals surface area (Å²) in [7, 11) is 0. The van der Waals surface area contributed by atoms with Crippen molar-refractivity contribution in [2.75, 3.05) is 18.8 Å². The number of amides is 1. The predicted octanol–water partition coefficient (Wildman–Crippen LogP) is 3.53. The number of carbonyl (C=O) groups is 1. The predicted molar refractivity (Wildman–Crippen MR) is 90.5 cm³/mol. The second kappa shape index (κ2) is 6.10. The lowest BCUT2D eigenvalue weighted by molar-refractivity contribution is 0.0695. The first kappa shape index (κ1) is 15.1. The van der Waals surface area contributed by atoms with Crippen molar-refractivity contribution < 1.29 is 4.79 Å². The third-order valence-corrected chi connectivity index (χ3v) is 6.85. The molecular formula is C13H14Br2N4OS. The quantitative estimate of drug-likeness (QED) is 0.787. The van der Waals surface area contributed by atoms with Crippen LogP contribution < -0.4 is 5.73 Å². The Morgan fingerprint density at radius 1 is 1.38 bits per heavy atom. The van der Waals surface area contributed by atoms with Crippen LogP contribution in [0.25, 0.3) is 0 Å². The van der Waals surface area contributed by atoms with Gasteiger partial charge in [-0.05, 0) is 56.8 Å². The monoisotopic (exact) mass is 432 g/mol. The van der Waals surface area contributed by atoms with Gasteiger partial charge in [-0.1, -0.05) is 0 Å². The molecule has 0 aromatic carbocycles. The zero-order valence-corrected chi connectivity index (χ0v) is 15.1. The molecule has 0 spiro atoms. The maximum absolute atomic E-state index is 12.5. The van der Waals surface area contributed by atoms with Crippen LogP contribution in [0, 0.1) is 0 Å². The van der Waals surface area contributed by atoms with Crippen LogP contribution in [0.3, 0.4) is 0 Å². The number of rotatable bonds is 2. The summed E-state index contributed by atoms with van der Waals surface area (Å²) >= 11 is 8.31.